The smallest absolute Gasteiger partial charge is 0.416 e. The summed E-state index contributed by atoms with van der Waals surface area (Å²) < 4.78 is 82.7. The number of hydrogen-bond donors (Lipinski definition) is 1. The fraction of sp³-hybridized carbons (Fsp3) is 0.312. The van der Waals surface area contributed by atoms with Crippen molar-refractivity contribution in [2.45, 2.75) is 26.2 Å². The van der Waals surface area contributed by atoms with Crippen LogP contribution < -0.4 is 0 Å². The number of hydrogen-bond acceptors (Lipinski definition) is 2. The molecule has 0 saturated heterocycles. The number of aromatic amines is 1. The van der Waals surface area contributed by atoms with E-state index in [1.54, 1.807) is 0 Å². The molecule has 1 N–H and O–H groups in total. The lowest BCUT2D eigenvalue weighted by molar-refractivity contribution is -0.143. The maximum absolute atomic E-state index is 13.0. The third kappa shape index (κ3) is 3.64. The number of carbonyl (C=O) groups excluding carboxylic acids is 1. The summed E-state index contributed by atoms with van der Waals surface area (Å²) in [6, 6.07) is 1.20. The highest BCUT2D eigenvalue weighted by molar-refractivity contribution is 5.99. The highest BCUT2D eigenvalue weighted by atomic mass is 19.4. The van der Waals surface area contributed by atoms with Gasteiger partial charge in [-0.1, -0.05) is 0 Å². The number of halogens is 6. The van der Waals surface area contributed by atoms with E-state index < -0.39 is 29.4 Å². The van der Waals surface area contributed by atoms with Crippen molar-refractivity contribution < 1.29 is 35.9 Å². The van der Waals surface area contributed by atoms with E-state index in [0.717, 1.165) is 7.11 Å². The van der Waals surface area contributed by atoms with Crippen LogP contribution in [0.5, 0.6) is 0 Å². The average molecular weight is 365 g/mol. The maximum atomic E-state index is 13.0. The first kappa shape index (κ1) is 18.9. The molecule has 2 aromatic rings. The van der Waals surface area contributed by atoms with Crippen molar-refractivity contribution in [2.75, 3.05) is 7.11 Å². The lowest BCUT2D eigenvalue weighted by atomic mass is 9.96. The number of methoxy groups -OCH3 is 1. The number of esters is 1. The molecule has 0 aliphatic heterocycles. The number of aromatic nitrogens is 1. The van der Waals surface area contributed by atoms with Crippen LogP contribution in [0.4, 0.5) is 26.3 Å². The van der Waals surface area contributed by atoms with Gasteiger partial charge in [0.1, 0.15) is 0 Å². The molecule has 25 heavy (non-hydrogen) atoms. The van der Waals surface area contributed by atoms with Crippen molar-refractivity contribution in [2.24, 2.45) is 0 Å². The minimum Gasteiger partial charge on any atom is -0.465 e. The molecule has 0 fully saturated rings. The summed E-state index contributed by atoms with van der Waals surface area (Å²) in [6.07, 6.45) is -9.94. The van der Waals surface area contributed by atoms with Crippen molar-refractivity contribution in [1.29, 1.82) is 0 Å². The quantitative estimate of drug-likeness (QED) is 0.593. The molecule has 136 valence electrons. The molecule has 0 radical (unpaired) electrons. The number of benzene rings is 1. The second-order valence-electron chi connectivity index (χ2n) is 5.41. The van der Waals surface area contributed by atoms with Crippen molar-refractivity contribution in [1.82, 2.24) is 4.98 Å². The van der Waals surface area contributed by atoms with Gasteiger partial charge in [0.05, 0.1) is 23.8 Å². The molecule has 0 bridgehead atoms. The van der Waals surface area contributed by atoms with Crippen molar-refractivity contribution in [3.8, 4) is 11.1 Å². The summed E-state index contributed by atoms with van der Waals surface area (Å²) in [4.78, 5) is 14.7. The summed E-state index contributed by atoms with van der Waals surface area (Å²) in [7, 11) is 1.07. The normalized spacial score (nSPS) is 12.4. The number of aryl methyl sites for hydroxylation is 2. The first-order valence-corrected chi connectivity index (χ1v) is 6.93. The number of nitrogens with one attached hydrogen (secondary N) is 1. The number of carbonyl (C=O) groups is 1. The van der Waals surface area contributed by atoms with E-state index in [2.05, 4.69) is 9.72 Å². The Morgan fingerprint density at radius 2 is 1.40 bits per heavy atom. The van der Waals surface area contributed by atoms with E-state index in [1.165, 1.54) is 13.8 Å². The van der Waals surface area contributed by atoms with E-state index in [9.17, 15) is 31.1 Å². The Balaban J connectivity index is 2.82. The fourth-order valence-corrected chi connectivity index (χ4v) is 2.60. The van der Waals surface area contributed by atoms with Gasteiger partial charge in [-0.2, -0.15) is 26.3 Å². The van der Waals surface area contributed by atoms with E-state index in [0.29, 0.717) is 12.1 Å². The Bertz CT molecular complexity index is 785. The van der Waals surface area contributed by atoms with Crippen molar-refractivity contribution >= 4 is 5.97 Å². The van der Waals surface area contributed by atoms with Gasteiger partial charge in [-0.05, 0) is 37.6 Å². The highest BCUT2D eigenvalue weighted by Gasteiger charge is 2.37. The lowest BCUT2D eigenvalue weighted by Gasteiger charge is -2.15. The molecule has 0 spiro atoms. The van der Waals surface area contributed by atoms with Crippen LogP contribution in [0.3, 0.4) is 0 Å². The molecule has 1 heterocycles. The predicted molar refractivity (Wildman–Crippen MR) is 77.0 cm³/mol. The zero-order valence-electron chi connectivity index (χ0n) is 13.3. The van der Waals surface area contributed by atoms with Gasteiger partial charge < -0.3 is 9.72 Å². The largest absolute Gasteiger partial charge is 0.465 e. The Morgan fingerprint density at radius 1 is 0.920 bits per heavy atom. The molecule has 2 rings (SSSR count). The second-order valence-corrected chi connectivity index (χ2v) is 5.41. The SMILES string of the molecule is COC(=O)c1c(C)[nH]c(C)c1-c1cc(C(F)(F)F)cc(C(F)(F)F)c1. The monoisotopic (exact) mass is 365 g/mol. The minimum atomic E-state index is -4.97. The third-order valence-corrected chi connectivity index (χ3v) is 3.64. The molecular formula is C16H13F6NO2. The average Bonchev–Trinajstić information content (AvgIpc) is 2.78. The molecule has 0 unspecified atom stereocenters. The molecule has 3 nitrogen and oxygen atoms in total. The topological polar surface area (TPSA) is 42.1 Å². The summed E-state index contributed by atoms with van der Waals surface area (Å²) in [5.74, 6) is -0.858. The zero-order chi connectivity index (χ0) is 19.2. The van der Waals surface area contributed by atoms with Gasteiger partial charge in [0.25, 0.3) is 0 Å². The first-order valence-electron chi connectivity index (χ1n) is 6.93. The van der Waals surface area contributed by atoms with Crippen molar-refractivity contribution in [3.05, 3.63) is 46.3 Å². The van der Waals surface area contributed by atoms with Gasteiger partial charge in [0.2, 0.25) is 0 Å². The maximum Gasteiger partial charge on any atom is 0.416 e. The molecule has 0 aliphatic rings. The van der Waals surface area contributed by atoms with Crippen LogP contribution in [-0.2, 0) is 17.1 Å². The molecule has 0 atom stereocenters. The standard InChI is InChI=1S/C16H13F6NO2/c1-7-12(13(8(2)23-7)14(24)25-3)9-4-10(15(17,18)19)6-11(5-9)16(20,21)22/h4-6,23H,1-3H3. The molecule has 0 aliphatic carbocycles. The predicted octanol–water partition coefficient (Wildman–Crippen LogP) is 5.12. The number of H-pyrrole nitrogens is 1. The Labute approximate surface area is 138 Å². The van der Waals surface area contributed by atoms with E-state index >= 15 is 0 Å². The van der Waals surface area contributed by atoms with Crippen LogP contribution in [0.1, 0.15) is 32.9 Å². The minimum absolute atomic E-state index is 0.0379. The van der Waals surface area contributed by atoms with E-state index in [4.69, 9.17) is 0 Å². The lowest BCUT2D eigenvalue weighted by Crippen LogP contribution is -2.11. The fourth-order valence-electron chi connectivity index (χ4n) is 2.60. The molecular weight excluding hydrogens is 352 g/mol. The van der Waals surface area contributed by atoms with Gasteiger partial charge in [0, 0.05) is 17.0 Å². The molecule has 0 saturated carbocycles. The van der Waals surface area contributed by atoms with Gasteiger partial charge >= 0.3 is 18.3 Å². The first-order chi connectivity index (χ1) is 11.4. The number of rotatable bonds is 2. The Hall–Kier alpha value is -2.45. The van der Waals surface area contributed by atoms with E-state index in [-0.39, 0.29) is 34.1 Å². The van der Waals surface area contributed by atoms with Crippen molar-refractivity contribution in [3.63, 3.8) is 0 Å². The summed E-state index contributed by atoms with van der Waals surface area (Å²) in [5.41, 5.74) is -2.90. The molecule has 1 aromatic carbocycles. The Morgan fingerprint density at radius 3 is 1.80 bits per heavy atom. The van der Waals surface area contributed by atoms with Crippen LogP contribution in [0.15, 0.2) is 18.2 Å². The van der Waals surface area contributed by atoms with Gasteiger partial charge in [-0.3, -0.25) is 0 Å². The summed E-state index contributed by atoms with van der Waals surface area (Å²) in [6.45, 7) is 2.92. The molecule has 9 heteroatoms. The van der Waals surface area contributed by atoms with E-state index in [1.807, 2.05) is 0 Å². The number of ether oxygens (including phenoxy) is 1. The van der Waals surface area contributed by atoms with Crippen LogP contribution in [0.2, 0.25) is 0 Å². The van der Waals surface area contributed by atoms with Crippen LogP contribution in [-0.4, -0.2) is 18.1 Å². The van der Waals surface area contributed by atoms with Crippen LogP contribution >= 0.6 is 0 Å². The third-order valence-electron chi connectivity index (χ3n) is 3.64. The van der Waals surface area contributed by atoms with Crippen LogP contribution in [0.25, 0.3) is 11.1 Å². The Kier molecular flexibility index (Phi) is 4.63. The van der Waals surface area contributed by atoms with Gasteiger partial charge in [0.15, 0.2) is 0 Å². The van der Waals surface area contributed by atoms with Crippen LogP contribution in [0, 0.1) is 13.8 Å². The summed E-state index contributed by atoms with van der Waals surface area (Å²) >= 11 is 0. The molecule has 0 amide bonds. The van der Waals surface area contributed by atoms with Gasteiger partial charge in [-0.25, -0.2) is 4.79 Å². The second kappa shape index (κ2) is 6.12. The molecule has 1 aromatic heterocycles. The summed E-state index contributed by atoms with van der Waals surface area (Å²) in [5, 5.41) is 0. The highest BCUT2D eigenvalue weighted by Crippen LogP contribution is 2.40. The number of alkyl halides is 6. The van der Waals surface area contributed by atoms with Gasteiger partial charge in [-0.15, -0.1) is 0 Å². The zero-order valence-corrected chi connectivity index (χ0v) is 13.3.